The minimum Gasteiger partial charge on any atom is -0.396 e. The molecule has 0 atom stereocenters. The molecule has 0 aliphatic heterocycles. The third kappa shape index (κ3) is 3.71. The average molecular weight is 413 g/mol. The summed E-state index contributed by atoms with van der Waals surface area (Å²) < 4.78 is 15.9. The van der Waals surface area contributed by atoms with Crippen LogP contribution in [0.25, 0.3) is 39.0 Å². The first-order valence-electron chi connectivity index (χ1n) is 10.1. The fourth-order valence-corrected chi connectivity index (χ4v) is 3.64. The van der Waals surface area contributed by atoms with E-state index in [4.69, 9.17) is 15.1 Å². The SMILES string of the molecule is OCCCNc1ccc2nc(-c3cccc(F)c3)nc(-n3ccc4cnccc43)c2c1. The maximum absolute atomic E-state index is 13.9. The van der Waals surface area contributed by atoms with Gasteiger partial charge in [0.15, 0.2) is 5.82 Å². The van der Waals surface area contributed by atoms with Gasteiger partial charge < -0.3 is 15.0 Å². The van der Waals surface area contributed by atoms with Crippen LogP contribution in [0.3, 0.4) is 0 Å². The van der Waals surface area contributed by atoms with Crippen LogP contribution in [0.5, 0.6) is 0 Å². The predicted molar refractivity (Wildman–Crippen MR) is 120 cm³/mol. The molecule has 0 bridgehead atoms. The lowest BCUT2D eigenvalue weighted by Gasteiger charge is -2.13. The molecule has 0 radical (unpaired) electrons. The van der Waals surface area contributed by atoms with Crippen molar-refractivity contribution in [1.29, 1.82) is 0 Å². The molecule has 0 aliphatic rings. The van der Waals surface area contributed by atoms with E-state index in [0.29, 0.717) is 30.2 Å². The number of hydrogen-bond acceptors (Lipinski definition) is 5. The van der Waals surface area contributed by atoms with E-state index in [-0.39, 0.29) is 12.4 Å². The smallest absolute Gasteiger partial charge is 0.162 e. The first-order chi connectivity index (χ1) is 15.2. The second kappa shape index (κ2) is 8.12. The maximum Gasteiger partial charge on any atom is 0.162 e. The molecule has 3 heterocycles. The van der Waals surface area contributed by atoms with Gasteiger partial charge in [0.1, 0.15) is 11.6 Å². The Bertz CT molecular complexity index is 1380. The Morgan fingerprint density at radius 3 is 2.84 bits per heavy atom. The number of fused-ring (bicyclic) bond motifs is 2. The van der Waals surface area contributed by atoms with Crippen LogP contribution in [-0.2, 0) is 0 Å². The topological polar surface area (TPSA) is 75.9 Å². The molecule has 0 saturated heterocycles. The number of hydrogen-bond donors (Lipinski definition) is 2. The molecular weight excluding hydrogens is 393 g/mol. The average Bonchev–Trinajstić information content (AvgIpc) is 3.22. The number of aromatic nitrogens is 4. The number of anilines is 1. The van der Waals surface area contributed by atoms with Crippen LogP contribution in [0, 0.1) is 5.82 Å². The molecule has 2 N–H and O–H groups in total. The molecule has 0 aliphatic carbocycles. The number of pyridine rings is 1. The Kier molecular flexibility index (Phi) is 5.01. The normalized spacial score (nSPS) is 11.3. The summed E-state index contributed by atoms with van der Waals surface area (Å²) in [4.78, 5) is 13.7. The largest absolute Gasteiger partial charge is 0.396 e. The first-order valence-corrected chi connectivity index (χ1v) is 10.1. The molecule has 154 valence electrons. The van der Waals surface area contributed by atoms with Crippen LogP contribution < -0.4 is 5.32 Å². The summed E-state index contributed by atoms with van der Waals surface area (Å²) in [5.74, 6) is 0.832. The van der Waals surface area contributed by atoms with Crippen LogP contribution in [0.2, 0.25) is 0 Å². The summed E-state index contributed by atoms with van der Waals surface area (Å²) in [5.41, 5.74) is 3.26. The Morgan fingerprint density at radius 2 is 1.97 bits per heavy atom. The van der Waals surface area contributed by atoms with Crippen molar-refractivity contribution < 1.29 is 9.50 Å². The second-order valence-corrected chi connectivity index (χ2v) is 7.24. The molecule has 5 rings (SSSR count). The van der Waals surface area contributed by atoms with Gasteiger partial charge in [-0.05, 0) is 48.9 Å². The van der Waals surface area contributed by atoms with E-state index < -0.39 is 0 Å². The molecule has 6 nitrogen and oxygen atoms in total. The van der Waals surface area contributed by atoms with Gasteiger partial charge in [-0.2, -0.15) is 0 Å². The van der Waals surface area contributed by atoms with Gasteiger partial charge >= 0.3 is 0 Å². The van der Waals surface area contributed by atoms with Gasteiger partial charge in [0.05, 0.1) is 11.0 Å². The maximum atomic E-state index is 13.9. The molecule has 0 saturated carbocycles. The zero-order valence-electron chi connectivity index (χ0n) is 16.7. The van der Waals surface area contributed by atoms with Crippen molar-refractivity contribution in [2.75, 3.05) is 18.5 Å². The summed E-state index contributed by atoms with van der Waals surface area (Å²) in [7, 11) is 0. The molecule has 31 heavy (non-hydrogen) atoms. The van der Waals surface area contributed by atoms with E-state index in [1.807, 2.05) is 47.3 Å². The molecule has 7 heteroatoms. The zero-order valence-corrected chi connectivity index (χ0v) is 16.7. The van der Waals surface area contributed by atoms with Crippen LogP contribution in [0.4, 0.5) is 10.1 Å². The van der Waals surface area contributed by atoms with E-state index in [2.05, 4.69) is 10.3 Å². The third-order valence-electron chi connectivity index (χ3n) is 5.14. The number of aliphatic hydroxyl groups excluding tert-OH is 1. The molecule has 0 fully saturated rings. The summed E-state index contributed by atoms with van der Waals surface area (Å²) >= 11 is 0. The lowest BCUT2D eigenvalue weighted by Crippen LogP contribution is -2.05. The van der Waals surface area contributed by atoms with Gasteiger partial charge in [-0.25, -0.2) is 14.4 Å². The van der Waals surface area contributed by atoms with Gasteiger partial charge in [-0.3, -0.25) is 4.98 Å². The van der Waals surface area contributed by atoms with E-state index in [0.717, 1.165) is 27.5 Å². The minimum absolute atomic E-state index is 0.134. The minimum atomic E-state index is -0.330. The molecule has 0 amide bonds. The van der Waals surface area contributed by atoms with Crippen molar-refractivity contribution in [2.45, 2.75) is 6.42 Å². The van der Waals surface area contributed by atoms with E-state index >= 15 is 0 Å². The molecule has 0 unspecified atom stereocenters. The summed E-state index contributed by atoms with van der Waals surface area (Å²) in [6, 6.07) is 16.1. The van der Waals surface area contributed by atoms with Gasteiger partial charge in [0.2, 0.25) is 0 Å². The predicted octanol–water partition coefficient (Wildman–Crippen LogP) is 4.57. The van der Waals surface area contributed by atoms with Crippen LogP contribution in [0.1, 0.15) is 6.42 Å². The highest BCUT2D eigenvalue weighted by atomic mass is 19.1. The number of benzene rings is 2. The van der Waals surface area contributed by atoms with Gasteiger partial charge in [0.25, 0.3) is 0 Å². The van der Waals surface area contributed by atoms with Crippen molar-refractivity contribution in [3.8, 4) is 17.2 Å². The fraction of sp³-hybridized carbons (Fsp3) is 0.125. The lowest BCUT2D eigenvalue weighted by molar-refractivity contribution is 0.292. The third-order valence-corrected chi connectivity index (χ3v) is 5.14. The fourth-order valence-electron chi connectivity index (χ4n) is 3.64. The van der Waals surface area contributed by atoms with Gasteiger partial charge in [0, 0.05) is 53.8 Å². The van der Waals surface area contributed by atoms with Crippen LogP contribution in [-0.4, -0.2) is 37.8 Å². The molecule has 2 aromatic carbocycles. The van der Waals surface area contributed by atoms with Crippen LogP contribution >= 0.6 is 0 Å². The first kappa shape index (κ1) is 19.1. The summed E-state index contributed by atoms with van der Waals surface area (Å²) in [5, 5.41) is 14.2. The van der Waals surface area contributed by atoms with Crippen molar-refractivity contribution in [3.63, 3.8) is 0 Å². The Hall–Kier alpha value is -3.84. The number of rotatable bonds is 6. The van der Waals surface area contributed by atoms with Crippen molar-refractivity contribution >= 4 is 27.5 Å². The van der Waals surface area contributed by atoms with Crippen molar-refractivity contribution in [2.24, 2.45) is 0 Å². The van der Waals surface area contributed by atoms with E-state index in [1.165, 1.54) is 12.1 Å². The van der Waals surface area contributed by atoms with E-state index in [9.17, 15) is 4.39 Å². The molecular formula is C24H20FN5O. The van der Waals surface area contributed by atoms with E-state index in [1.54, 1.807) is 18.3 Å². The van der Waals surface area contributed by atoms with Gasteiger partial charge in [-0.15, -0.1) is 0 Å². The second-order valence-electron chi connectivity index (χ2n) is 7.24. The number of nitrogens with zero attached hydrogens (tertiary/aromatic N) is 4. The lowest BCUT2D eigenvalue weighted by atomic mass is 10.1. The Morgan fingerprint density at radius 1 is 1.03 bits per heavy atom. The highest BCUT2D eigenvalue weighted by Gasteiger charge is 2.14. The van der Waals surface area contributed by atoms with Gasteiger partial charge in [-0.1, -0.05) is 12.1 Å². The molecule has 0 spiro atoms. The van der Waals surface area contributed by atoms with Crippen molar-refractivity contribution in [3.05, 3.63) is 79.0 Å². The quantitative estimate of drug-likeness (QED) is 0.399. The van der Waals surface area contributed by atoms with Crippen molar-refractivity contribution in [1.82, 2.24) is 19.5 Å². The Balaban J connectivity index is 1.73. The van der Waals surface area contributed by atoms with Crippen LogP contribution in [0.15, 0.2) is 73.2 Å². The zero-order chi connectivity index (χ0) is 21.2. The summed E-state index contributed by atoms with van der Waals surface area (Å²) in [6.07, 6.45) is 6.17. The molecule has 3 aromatic heterocycles. The highest BCUT2D eigenvalue weighted by molar-refractivity contribution is 5.92. The Labute approximate surface area is 178 Å². The highest BCUT2D eigenvalue weighted by Crippen LogP contribution is 2.29. The number of nitrogens with one attached hydrogen (secondary N) is 1. The number of halogens is 1. The monoisotopic (exact) mass is 413 g/mol. The number of aliphatic hydroxyl groups is 1. The summed E-state index contributed by atoms with van der Waals surface area (Å²) in [6.45, 7) is 0.799. The standard InChI is InChI=1S/C24H20FN5O/c25-18-4-1-3-16(13-18)23-28-21-6-5-19(27-9-2-12-31)14-20(21)24(29-23)30-11-8-17-15-26-10-7-22(17)30/h1,3-8,10-11,13-15,27,31H,2,9,12H2. The molecule has 5 aromatic rings.